The first-order valence-corrected chi connectivity index (χ1v) is 14.1. The molecule has 3 atom stereocenters. The SMILES string of the molecule is COC1CC[C@@H](C(=O)N(c2ccccc2)[C@]2(C(=O)NC3CC(F)(F)C3)CCc3ccccc32)N1c1cc(C#N)ccn1. The third-order valence-corrected chi connectivity index (χ3v) is 8.67. The van der Waals surface area contributed by atoms with Gasteiger partial charge in [0.15, 0.2) is 5.54 Å². The number of rotatable bonds is 7. The van der Waals surface area contributed by atoms with E-state index in [-0.39, 0.29) is 5.91 Å². The summed E-state index contributed by atoms with van der Waals surface area (Å²) in [6.07, 6.45) is 1.98. The smallest absolute Gasteiger partial charge is 0.252 e. The number of hydrogen-bond acceptors (Lipinski definition) is 6. The van der Waals surface area contributed by atoms with Gasteiger partial charge in [0.1, 0.15) is 18.1 Å². The van der Waals surface area contributed by atoms with Crippen molar-refractivity contribution in [2.24, 2.45) is 0 Å². The Morgan fingerprint density at radius 3 is 2.55 bits per heavy atom. The van der Waals surface area contributed by atoms with E-state index in [4.69, 9.17) is 4.74 Å². The first-order valence-electron chi connectivity index (χ1n) is 14.1. The molecule has 0 bridgehead atoms. The topological polar surface area (TPSA) is 98.6 Å². The maximum Gasteiger partial charge on any atom is 0.252 e. The number of methoxy groups -OCH3 is 1. The van der Waals surface area contributed by atoms with Crippen molar-refractivity contribution in [3.05, 3.63) is 89.6 Å². The van der Waals surface area contributed by atoms with E-state index < -0.39 is 48.5 Å². The lowest BCUT2D eigenvalue weighted by molar-refractivity contribution is -0.137. The number of alkyl halides is 2. The monoisotopic (exact) mass is 571 g/mol. The Kier molecular flexibility index (Phi) is 7.15. The van der Waals surface area contributed by atoms with Crippen LogP contribution in [0.15, 0.2) is 72.9 Å². The predicted octanol–water partition coefficient (Wildman–Crippen LogP) is 4.68. The van der Waals surface area contributed by atoms with Crippen LogP contribution in [-0.2, 0) is 26.3 Å². The van der Waals surface area contributed by atoms with Gasteiger partial charge < -0.3 is 15.0 Å². The molecule has 8 nitrogen and oxygen atoms in total. The number of amides is 2. The van der Waals surface area contributed by atoms with E-state index in [9.17, 15) is 23.6 Å². The summed E-state index contributed by atoms with van der Waals surface area (Å²) in [4.78, 5) is 37.2. The highest BCUT2D eigenvalue weighted by Gasteiger charge is 2.56. The van der Waals surface area contributed by atoms with Crippen molar-refractivity contribution in [1.82, 2.24) is 10.3 Å². The number of hydrogen-bond donors (Lipinski definition) is 1. The number of nitriles is 1. The lowest BCUT2D eigenvalue weighted by Gasteiger charge is -2.45. The number of ether oxygens (including phenoxy) is 1. The molecule has 1 aromatic heterocycles. The van der Waals surface area contributed by atoms with E-state index in [1.165, 1.54) is 6.20 Å². The van der Waals surface area contributed by atoms with Crippen LogP contribution in [0.25, 0.3) is 0 Å². The van der Waals surface area contributed by atoms with Crippen LogP contribution in [0.5, 0.6) is 0 Å². The van der Waals surface area contributed by atoms with Gasteiger partial charge in [-0.15, -0.1) is 0 Å². The van der Waals surface area contributed by atoms with Gasteiger partial charge >= 0.3 is 0 Å². The zero-order chi connectivity index (χ0) is 29.5. The molecule has 2 amide bonds. The van der Waals surface area contributed by atoms with E-state index in [0.29, 0.717) is 48.3 Å². The number of carbonyl (C=O) groups is 2. The second-order valence-electron chi connectivity index (χ2n) is 11.2. The minimum absolute atomic E-state index is 0.296. The molecule has 1 N–H and O–H groups in total. The summed E-state index contributed by atoms with van der Waals surface area (Å²) in [5, 5.41) is 12.4. The molecule has 1 unspecified atom stereocenters. The van der Waals surface area contributed by atoms with Crippen LogP contribution >= 0.6 is 0 Å². The molecule has 1 saturated heterocycles. The van der Waals surface area contributed by atoms with E-state index in [1.807, 2.05) is 30.3 Å². The molecule has 2 fully saturated rings. The number of aromatic nitrogens is 1. The second-order valence-corrected chi connectivity index (χ2v) is 11.2. The van der Waals surface area contributed by atoms with Crippen molar-refractivity contribution in [1.29, 1.82) is 5.26 Å². The molecular weight excluding hydrogens is 540 g/mol. The predicted molar refractivity (Wildman–Crippen MR) is 152 cm³/mol. The van der Waals surface area contributed by atoms with Crippen LogP contribution < -0.4 is 15.1 Å². The van der Waals surface area contributed by atoms with Gasteiger partial charge in [-0.2, -0.15) is 5.26 Å². The normalized spacial score (nSPS) is 24.4. The summed E-state index contributed by atoms with van der Waals surface area (Å²) in [6.45, 7) is 0. The number of nitrogens with one attached hydrogen (secondary N) is 1. The van der Waals surface area contributed by atoms with Crippen LogP contribution in [0.1, 0.15) is 48.8 Å². The zero-order valence-corrected chi connectivity index (χ0v) is 23.2. The molecule has 1 saturated carbocycles. The minimum Gasteiger partial charge on any atom is -0.362 e. The van der Waals surface area contributed by atoms with Crippen molar-refractivity contribution < 1.29 is 23.1 Å². The molecule has 2 aromatic carbocycles. The number of pyridine rings is 1. The lowest BCUT2D eigenvalue weighted by atomic mass is 9.83. The van der Waals surface area contributed by atoms with Gasteiger partial charge in [-0.25, -0.2) is 13.8 Å². The third-order valence-electron chi connectivity index (χ3n) is 8.67. The second kappa shape index (κ2) is 10.8. The van der Waals surface area contributed by atoms with Gasteiger partial charge in [0.25, 0.3) is 17.7 Å². The summed E-state index contributed by atoms with van der Waals surface area (Å²) >= 11 is 0. The third kappa shape index (κ3) is 4.68. The van der Waals surface area contributed by atoms with Crippen LogP contribution in [-0.4, -0.2) is 48.1 Å². The number of halogens is 2. The van der Waals surface area contributed by atoms with Gasteiger partial charge in [-0.1, -0.05) is 42.5 Å². The Hall–Kier alpha value is -4.36. The summed E-state index contributed by atoms with van der Waals surface area (Å²) < 4.78 is 33.3. The Labute approximate surface area is 242 Å². The van der Waals surface area contributed by atoms with Crippen LogP contribution in [0.2, 0.25) is 0 Å². The fourth-order valence-corrected chi connectivity index (χ4v) is 6.68. The number of benzene rings is 2. The molecule has 2 aliphatic carbocycles. The molecule has 1 aliphatic heterocycles. The highest BCUT2D eigenvalue weighted by atomic mass is 19.3. The maximum absolute atomic E-state index is 15.0. The fourth-order valence-electron chi connectivity index (χ4n) is 6.68. The van der Waals surface area contributed by atoms with E-state index >= 15 is 0 Å². The Bertz CT molecular complexity index is 1540. The molecule has 42 heavy (non-hydrogen) atoms. The number of aryl methyl sites for hydroxylation is 1. The first kappa shape index (κ1) is 27.8. The number of carbonyl (C=O) groups excluding carboxylic acids is 2. The summed E-state index contributed by atoms with van der Waals surface area (Å²) in [5.74, 6) is -3.19. The van der Waals surface area contributed by atoms with Crippen LogP contribution in [0.4, 0.5) is 20.3 Å². The van der Waals surface area contributed by atoms with Crippen molar-refractivity contribution >= 4 is 23.3 Å². The number of fused-ring (bicyclic) bond motifs is 1. The van der Waals surface area contributed by atoms with Gasteiger partial charge in [0.2, 0.25) is 0 Å². The summed E-state index contributed by atoms with van der Waals surface area (Å²) in [6, 6.07) is 20.4. The van der Waals surface area contributed by atoms with Crippen molar-refractivity contribution in [2.45, 2.75) is 68.3 Å². The van der Waals surface area contributed by atoms with Gasteiger partial charge in [-0.05, 0) is 61.1 Å². The van der Waals surface area contributed by atoms with Crippen molar-refractivity contribution in [3.63, 3.8) is 0 Å². The quantitative estimate of drug-likeness (QED) is 0.442. The Morgan fingerprint density at radius 2 is 1.83 bits per heavy atom. The van der Waals surface area contributed by atoms with Crippen LogP contribution in [0, 0.1) is 11.3 Å². The maximum atomic E-state index is 15.0. The number of anilines is 2. The molecule has 0 spiro atoms. The van der Waals surface area contributed by atoms with Gasteiger partial charge in [0, 0.05) is 37.9 Å². The molecule has 3 aromatic rings. The highest BCUT2D eigenvalue weighted by molar-refractivity contribution is 6.08. The van der Waals surface area contributed by atoms with Gasteiger partial charge in [0.05, 0.1) is 11.6 Å². The average Bonchev–Trinajstić information content (AvgIpc) is 3.60. The molecule has 2 heterocycles. The fraction of sp³-hybridized carbons (Fsp3) is 0.375. The largest absolute Gasteiger partial charge is 0.362 e. The molecule has 10 heteroatoms. The van der Waals surface area contributed by atoms with E-state index in [2.05, 4.69) is 16.4 Å². The van der Waals surface area contributed by atoms with Crippen LogP contribution in [0.3, 0.4) is 0 Å². The molecule has 0 radical (unpaired) electrons. The van der Waals surface area contributed by atoms with Gasteiger partial charge in [-0.3, -0.25) is 14.5 Å². The van der Waals surface area contributed by atoms with Crippen molar-refractivity contribution in [3.8, 4) is 6.07 Å². The standard InChI is InChI=1S/C32H31F2N5O3/c1-42-28-12-11-26(38(28)27-17-21(20-35)14-16-36-27)29(40)39(24-8-3-2-4-9-24)32(15-13-22-7-5-6-10-25(22)32)30(41)37-23-18-31(33,34)19-23/h2-10,14,16-17,23,26,28H,11-13,15,18-19H2,1H3,(H,37,41)/t26-,28?,32+/m0/s1. The average molecular weight is 572 g/mol. The van der Waals surface area contributed by atoms with E-state index in [1.54, 1.807) is 53.3 Å². The molecular formula is C32H31F2N5O3. The van der Waals surface area contributed by atoms with Crippen molar-refractivity contribution in [2.75, 3.05) is 16.9 Å². The Morgan fingerprint density at radius 1 is 1.10 bits per heavy atom. The summed E-state index contributed by atoms with van der Waals surface area (Å²) in [7, 11) is 1.56. The highest BCUT2D eigenvalue weighted by Crippen LogP contribution is 2.47. The zero-order valence-electron chi connectivity index (χ0n) is 23.2. The van der Waals surface area contributed by atoms with E-state index in [0.717, 1.165) is 5.56 Å². The molecule has 3 aliphatic rings. The summed E-state index contributed by atoms with van der Waals surface area (Å²) in [5.41, 5.74) is 1.07. The molecule has 216 valence electrons. The molecule has 6 rings (SSSR count). The Balaban J connectivity index is 1.47. The first-order chi connectivity index (χ1) is 20.3. The minimum atomic E-state index is -2.81. The lowest BCUT2D eigenvalue weighted by Crippen LogP contribution is -2.64. The number of nitrogens with zero attached hydrogens (tertiary/aromatic N) is 4. The number of para-hydroxylation sites is 1.